The number of carbonyl (C=O) groups is 1. The second-order valence-corrected chi connectivity index (χ2v) is 5.67. The van der Waals surface area contributed by atoms with Crippen LogP contribution >= 0.6 is 11.6 Å². The van der Waals surface area contributed by atoms with Crippen LogP contribution in [0.2, 0.25) is 5.02 Å². The summed E-state index contributed by atoms with van der Waals surface area (Å²) in [7, 11) is 0. The number of hydrogen-bond donors (Lipinski definition) is 2. The van der Waals surface area contributed by atoms with Crippen molar-refractivity contribution < 1.29 is 14.1 Å². The van der Waals surface area contributed by atoms with Crippen molar-refractivity contribution in [2.45, 2.75) is 6.92 Å². The summed E-state index contributed by atoms with van der Waals surface area (Å²) in [5.74, 6) is 0.203. The van der Waals surface area contributed by atoms with Crippen molar-refractivity contribution in [3.8, 4) is 11.3 Å². The zero-order chi connectivity index (χ0) is 18.7. The summed E-state index contributed by atoms with van der Waals surface area (Å²) in [6.45, 7) is 1.77. The molecule has 10 heteroatoms. The molecule has 0 aliphatic carbocycles. The number of rotatable bonds is 5. The number of hydrazone groups is 1. The Morgan fingerprint density at radius 3 is 2.88 bits per heavy atom. The van der Waals surface area contributed by atoms with Gasteiger partial charge < -0.3 is 4.42 Å². The number of hydrogen-bond acceptors (Lipinski definition) is 6. The van der Waals surface area contributed by atoms with E-state index in [1.807, 2.05) is 0 Å². The van der Waals surface area contributed by atoms with E-state index in [-0.39, 0.29) is 11.4 Å². The lowest BCUT2D eigenvalue weighted by Gasteiger charge is -2.00. The highest BCUT2D eigenvalue weighted by atomic mass is 35.5. The Morgan fingerprint density at radius 2 is 2.19 bits per heavy atom. The fourth-order valence-corrected chi connectivity index (χ4v) is 2.34. The third-order valence-corrected chi connectivity index (χ3v) is 3.68. The van der Waals surface area contributed by atoms with Gasteiger partial charge in [0.05, 0.1) is 16.2 Å². The highest BCUT2D eigenvalue weighted by Crippen LogP contribution is 2.32. The lowest BCUT2D eigenvalue weighted by atomic mass is 10.1. The highest BCUT2D eigenvalue weighted by Gasteiger charge is 2.14. The Labute approximate surface area is 151 Å². The van der Waals surface area contributed by atoms with Gasteiger partial charge in [0.1, 0.15) is 11.5 Å². The Morgan fingerprint density at radius 1 is 1.38 bits per heavy atom. The molecule has 0 aliphatic rings. The molecule has 0 bridgehead atoms. The number of nitrogens with zero attached hydrogens (tertiary/aromatic N) is 3. The zero-order valence-corrected chi connectivity index (χ0v) is 14.1. The number of benzene rings is 1. The van der Waals surface area contributed by atoms with E-state index in [0.29, 0.717) is 22.1 Å². The smallest absolute Gasteiger partial charge is 0.291 e. The first-order valence-corrected chi connectivity index (χ1v) is 7.71. The number of carbonyl (C=O) groups excluding carboxylic acids is 1. The quantitative estimate of drug-likeness (QED) is 0.403. The maximum absolute atomic E-state index is 11.8. The van der Waals surface area contributed by atoms with Crippen LogP contribution in [0.25, 0.3) is 11.3 Å². The van der Waals surface area contributed by atoms with Crippen molar-refractivity contribution in [2.24, 2.45) is 5.10 Å². The number of H-pyrrole nitrogens is 1. The third kappa shape index (κ3) is 3.78. The molecule has 2 N–H and O–H groups in total. The Kier molecular flexibility index (Phi) is 4.81. The predicted octanol–water partition coefficient (Wildman–Crippen LogP) is 3.30. The first kappa shape index (κ1) is 17.4. The minimum Gasteiger partial charge on any atom is -0.455 e. The van der Waals surface area contributed by atoms with Crippen LogP contribution < -0.4 is 5.43 Å². The molecule has 2 heterocycles. The van der Waals surface area contributed by atoms with Crippen molar-refractivity contribution in [2.75, 3.05) is 0 Å². The second kappa shape index (κ2) is 7.19. The normalized spacial score (nSPS) is 11.0. The number of furan rings is 1. The van der Waals surface area contributed by atoms with Crippen LogP contribution in [-0.4, -0.2) is 27.2 Å². The van der Waals surface area contributed by atoms with E-state index < -0.39 is 10.8 Å². The first-order chi connectivity index (χ1) is 12.4. The van der Waals surface area contributed by atoms with E-state index in [1.54, 1.807) is 25.1 Å². The number of nitro groups is 1. The minimum atomic E-state index is -0.516. The van der Waals surface area contributed by atoms with Crippen LogP contribution in [0.1, 0.15) is 21.9 Å². The maximum atomic E-state index is 11.8. The summed E-state index contributed by atoms with van der Waals surface area (Å²) in [5, 5.41) is 21.5. The van der Waals surface area contributed by atoms with Gasteiger partial charge in [-0.2, -0.15) is 10.2 Å². The average Bonchev–Trinajstić information content (AvgIpc) is 3.24. The highest BCUT2D eigenvalue weighted by molar-refractivity contribution is 6.33. The Hall–Kier alpha value is -3.46. The fraction of sp³-hybridized carbons (Fsp3) is 0.0625. The van der Waals surface area contributed by atoms with E-state index in [9.17, 15) is 14.9 Å². The average molecular weight is 374 g/mol. The van der Waals surface area contributed by atoms with Gasteiger partial charge in [-0.25, -0.2) is 5.43 Å². The molecule has 3 rings (SSSR count). The van der Waals surface area contributed by atoms with E-state index >= 15 is 0 Å². The number of halogens is 1. The SMILES string of the molecule is Cc1cc(C(=O)N/N=C\c2ccc(-c3cc([N+](=O)[O-])ccc3Cl)o2)n[nH]1. The van der Waals surface area contributed by atoms with Crippen LogP contribution in [0.15, 0.2) is 45.9 Å². The van der Waals surface area contributed by atoms with E-state index in [2.05, 4.69) is 20.7 Å². The molecule has 1 aromatic carbocycles. The first-order valence-electron chi connectivity index (χ1n) is 7.33. The van der Waals surface area contributed by atoms with E-state index in [1.165, 1.54) is 24.4 Å². The van der Waals surface area contributed by atoms with Gasteiger partial charge in [-0.3, -0.25) is 20.0 Å². The summed E-state index contributed by atoms with van der Waals surface area (Å²) in [6.07, 6.45) is 1.30. The molecule has 2 aromatic heterocycles. The van der Waals surface area contributed by atoms with Crippen LogP contribution in [0, 0.1) is 17.0 Å². The molecule has 9 nitrogen and oxygen atoms in total. The molecule has 0 unspecified atom stereocenters. The molecular formula is C16H12ClN5O4. The van der Waals surface area contributed by atoms with Gasteiger partial charge in [-0.15, -0.1) is 0 Å². The van der Waals surface area contributed by atoms with Crippen LogP contribution in [0.5, 0.6) is 0 Å². The summed E-state index contributed by atoms with van der Waals surface area (Å²) < 4.78 is 5.55. The molecule has 0 fully saturated rings. The second-order valence-electron chi connectivity index (χ2n) is 5.26. The Balaban J connectivity index is 1.73. The third-order valence-electron chi connectivity index (χ3n) is 3.35. The lowest BCUT2D eigenvalue weighted by Crippen LogP contribution is -2.17. The number of nitro benzene ring substituents is 1. The fourth-order valence-electron chi connectivity index (χ4n) is 2.13. The summed E-state index contributed by atoms with van der Waals surface area (Å²) in [5.41, 5.74) is 3.57. The van der Waals surface area contributed by atoms with Gasteiger partial charge >= 0.3 is 0 Å². The topological polar surface area (TPSA) is 126 Å². The summed E-state index contributed by atoms with van der Waals surface area (Å²) in [6, 6.07) is 8.84. The molecule has 0 atom stereocenters. The molecular weight excluding hydrogens is 362 g/mol. The molecule has 0 aliphatic heterocycles. The lowest BCUT2D eigenvalue weighted by molar-refractivity contribution is -0.384. The molecule has 3 aromatic rings. The number of aryl methyl sites for hydroxylation is 1. The largest absolute Gasteiger partial charge is 0.455 e. The number of aromatic nitrogens is 2. The molecule has 26 heavy (non-hydrogen) atoms. The summed E-state index contributed by atoms with van der Waals surface area (Å²) >= 11 is 6.08. The zero-order valence-electron chi connectivity index (χ0n) is 13.4. The van der Waals surface area contributed by atoms with Gasteiger partial charge in [0.2, 0.25) is 0 Å². The van der Waals surface area contributed by atoms with Gasteiger partial charge in [0.25, 0.3) is 11.6 Å². The monoisotopic (exact) mass is 373 g/mol. The van der Waals surface area contributed by atoms with Crippen LogP contribution in [-0.2, 0) is 0 Å². The number of non-ortho nitro benzene ring substituents is 1. The predicted molar refractivity (Wildman–Crippen MR) is 94.2 cm³/mol. The van der Waals surface area contributed by atoms with Crippen LogP contribution in [0.4, 0.5) is 5.69 Å². The van der Waals surface area contributed by atoms with Crippen LogP contribution in [0.3, 0.4) is 0 Å². The van der Waals surface area contributed by atoms with Gasteiger partial charge in [0, 0.05) is 23.4 Å². The van der Waals surface area contributed by atoms with E-state index in [0.717, 1.165) is 5.69 Å². The maximum Gasteiger partial charge on any atom is 0.291 e. The van der Waals surface area contributed by atoms with Crippen molar-refractivity contribution in [1.29, 1.82) is 0 Å². The molecule has 0 radical (unpaired) electrons. The van der Waals surface area contributed by atoms with Gasteiger partial charge in [-0.05, 0) is 31.2 Å². The molecule has 132 valence electrons. The molecule has 0 spiro atoms. The molecule has 0 saturated carbocycles. The molecule has 1 amide bonds. The minimum absolute atomic E-state index is 0.0995. The van der Waals surface area contributed by atoms with Gasteiger partial charge in [0.15, 0.2) is 5.69 Å². The van der Waals surface area contributed by atoms with Crippen molar-refractivity contribution in [3.05, 3.63) is 68.7 Å². The standard InChI is InChI=1S/C16H12ClN5O4/c1-9-6-14(20-19-9)16(23)21-18-8-11-3-5-15(26-11)12-7-10(22(24)25)2-4-13(12)17/h2-8H,1H3,(H,19,20)(H,21,23)/b18-8-. The van der Waals surface area contributed by atoms with Crippen molar-refractivity contribution in [1.82, 2.24) is 15.6 Å². The molecule has 0 saturated heterocycles. The number of aromatic amines is 1. The van der Waals surface area contributed by atoms with E-state index in [4.69, 9.17) is 16.0 Å². The summed E-state index contributed by atoms with van der Waals surface area (Å²) in [4.78, 5) is 22.2. The van der Waals surface area contributed by atoms with Crippen molar-refractivity contribution >= 4 is 29.4 Å². The number of amides is 1. The number of nitrogens with one attached hydrogen (secondary N) is 2. The Bertz CT molecular complexity index is 1010. The van der Waals surface area contributed by atoms with Gasteiger partial charge in [-0.1, -0.05) is 11.6 Å². The van der Waals surface area contributed by atoms with Crippen molar-refractivity contribution in [3.63, 3.8) is 0 Å².